The van der Waals surface area contributed by atoms with Crippen molar-refractivity contribution in [3.63, 3.8) is 0 Å². The number of hydrogen-bond donors (Lipinski definition) is 1. The van der Waals surface area contributed by atoms with Gasteiger partial charge in [-0.25, -0.2) is 0 Å². The fourth-order valence-electron chi connectivity index (χ4n) is 0.876. The van der Waals surface area contributed by atoms with Gasteiger partial charge in [-0.2, -0.15) is 5.48 Å². The molecule has 0 amide bonds. The van der Waals surface area contributed by atoms with Gasteiger partial charge in [0.05, 0.1) is 5.02 Å². The van der Waals surface area contributed by atoms with Gasteiger partial charge in [0.1, 0.15) is 0 Å². The summed E-state index contributed by atoms with van der Waals surface area (Å²) < 4.78 is 0. The van der Waals surface area contributed by atoms with Gasteiger partial charge in [-0.05, 0) is 25.0 Å². The lowest BCUT2D eigenvalue weighted by atomic mass is 10.3. The fraction of sp³-hybridized carbons (Fsp3) is 0.333. The minimum atomic E-state index is 0.529. The Hall–Kier alpha value is -0.730. The highest BCUT2D eigenvalue weighted by atomic mass is 35.5. The van der Waals surface area contributed by atoms with Gasteiger partial charge >= 0.3 is 0 Å². The van der Waals surface area contributed by atoms with Crippen LogP contribution in [0.15, 0.2) is 24.3 Å². The van der Waals surface area contributed by atoms with E-state index >= 15 is 0 Å². The number of nitrogens with one attached hydrogen (secondary N) is 1. The first-order chi connectivity index (χ1) is 5.86. The molecule has 3 heteroatoms. The Kier molecular flexibility index (Phi) is 2.19. The molecule has 0 radical (unpaired) electrons. The van der Waals surface area contributed by atoms with Crippen molar-refractivity contribution in [3.8, 4) is 5.75 Å². The molecule has 0 aliphatic heterocycles. The maximum atomic E-state index is 5.86. The minimum Gasteiger partial charge on any atom is -0.407 e. The monoisotopic (exact) mass is 183 g/mol. The van der Waals surface area contributed by atoms with Gasteiger partial charge in [-0.15, -0.1) is 0 Å². The van der Waals surface area contributed by atoms with Crippen LogP contribution in [0, 0.1) is 0 Å². The van der Waals surface area contributed by atoms with Gasteiger partial charge in [0.2, 0.25) is 0 Å². The summed E-state index contributed by atoms with van der Waals surface area (Å²) in [7, 11) is 0. The van der Waals surface area contributed by atoms with Crippen LogP contribution in [-0.2, 0) is 0 Å². The standard InChI is InChI=1S/C9H10ClNO/c10-8-3-1-2-4-9(8)12-11-7-5-6-7/h1-4,7,11H,5-6H2. The first kappa shape index (κ1) is 7.90. The van der Waals surface area contributed by atoms with E-state index in [1.165, 1.54) is 12.8 Å². The van der Waals surface area contributed by atoms with Gasteiger partial charge in [0, 0.05) is 6.04 Å². The molecule has 0 spiro atoms. The SMILES string of the molecule is Clc1ccccc1ONC1CC1. The van der Waals surface area contributed by atoms with Crippen molar-refractivity contribution in [3.05, 3.63) is 29.3 Å². The third kappa shape index (κ3) is 1.90. The summed E-state index contributed by atoms with van der Waals surface area (Å²) in [6.45, 7) is 0. The Bertz CT molecular complexity index is 273. The summed E-state index contributed by atoms with van der Waals surface area (Å²) in [5.74, 6) is 0.700. The lowest BCUT2D eigenvalue weighted by molar-refractivity contribution is 0.190. The van der Waals surface area contributed by atoms with Crippen molar-refractivity contribution in [2.24, 2.45) is 0 Å². The molecule has 1 aliphatic rings. The largest absolute Gasteiger partial charge is 0.407 e. The normalized spacial score (nSPS) is 16.1. The number of rotatable bonds is 3. The first-order valence-electron chi connectivity index (χ1n) is 4.03. The molecule has 1 N–H and O–H groups in total. The molecule has 1 aromatic carbocycles. The molecule has 1 saturated carbocycles. The maximum absolute atomic E-state index is 5.86. The van der Waals surface area contributed by atoms with Crippen LogP contribution in [0.5, 0.6) is 5.75 Å². The van der Waals surface area contributed by atoms with Crippen LogP contribution < -0.4 is 10.3 Å². The smallest absolute Gasteiger partial charge is 0.165 e. The highest BCUT2D eigenvalue weighted by Gasteiger charge is 2.21. The fourth-order valence-corrected chi connectivity index (χ4v) is 1.05. The van der Waals surface area contributed by atoms with E-state index < -0.39 is 0 Å². The van der Waals surface area contributed by atoms with Crippen LogP contribution in [0.1, 0.15) is 12.8 Å². The van der Waals surface area contributed by atoms with Crippen molar-refractivity contribution in [1.82, 2.24) is 5.48 Å². The summed E-state index contributed by atoms with van der Waals surface area (Å²) in [5.41, 5.74) is 2.93. The molecule has 0 saturated heterocycles. The number of halogens is 1. The Balaban J connectivity index is 1.96. The summed E-state index contributed by atoms with van der Waals surface area (Å²) >= 11 is 5.86. The molecule has 64 valence electrons. The molecule has 1 aliphatic carbocycles. The first-order valence-corrected chi connectivity index (χ1v) is 4.41. The molecule has 2 nitrogen and oxygen atoms in total. The highest BCUT2D eigenvalue weighted by Crippen LogP contribution is 2.24. The van der Waals surface area contributed by atoms with Gasteiger partial charge in [-0.1, -0.05) is 23.7 Å². The molecule has 0 heterocycles. The number of benzene rings is 1. The Morgan fingerprint density at radius 2 is 2.08 bits per heavy atom. The average molecular weight is 184 g/mol. The number of hydroxylamine groups is 1. The predicted molar refractivity (Wildman–Crippen MR) is 48.2 cm³/mol. The Morgan fingerprint density at radius 3 is 2.75 bits per heavy atom. The van der Waals surface area contributed by atoms with Crippen LogP contribution in [0.4, 0.5) is 0 Å². The molecule has 2 rings (SSSR count). The lowest BCUT2D eigenvalue weighted by Crippen LogP contribution is -2.20. The summed E-state index contributed by atoms with van der Waals surface area (Å²) in [6, 6.07) is 7.96. The second kappa shape index (κ2) is 3.33. The van der Waals surface area contributed by atoms with Gasteiger partial charge in [0.15, 0.2) is 5.75 Å². The molecule has 0 aromatic heterocycles. The van der Waals surface area contributed by atoms with Crippen molar-refractivity contribution in [2.75, 3.05) is 0 Å². The van der Waals surface area contributed by atoms with Crippen LogP contribution in [0.2, 0.25) is 5.02 Å². The van der Waals surface area contributed by atoms with Crippen LogP contribution in [-0.4, -0.2) is 6.04 Å². The number of para-hydroxylation sites is 1. The van der Waals surface area contributed by atoms with E-state index in [0.29, 0.717) is 16.8 Å². The van der Waals surface area contributed by atoms with E-state index in [2.05, 4.69) is 5.48 Å². The van der Waals surface area contributed by atoms with E-state index in [1.807, 2.05) is 24.3 Å². The van der Waals surface area contributed by atoms with Gasteiger partial charge in [0.25, 0.3) is 0 Å². The van der Waals surface area contributed by atoms with Crippen molar-refractivity contribution in [1.29, 1.82) is 0 Å². The quantitative estimate of drug-likeness (QED) is 0.727. The molecule has 1 fully saturated rings. The molecule has 0 bridgehead atoms. The van der Waals surface area contributed by atoms with E-state index in [1.54, 1.807) is 0 Å². The highest BCUT2D eigenvalue weighted by molar-refractivity contribution is 6.32. The third-order valence-corrected chi connectivity index (χ3v) is 2.06. The Morgan fingerprint density at radius 1 is 1.33 bits per heavy atom. The molecule has 0 atom stereocenters. The van der Waals surface area contributed by atoms with E-state index in [0.717, 1.165) is 0 Å². The molecule has 12 heavy (non-hydrogen) atoms. The summed E-state index contributed by atoms with van der Waals surface area (Å²) in [5, 5.41) is 0.644. The molecule has 0 unspecified atom stereocenters. The van der Waals surface area contributed by atoms with E-state index in [-0.39, 0.29) is 0 Å². The molecular formula is C9H10ClNO. The zero-order valence-corrected chi connectivity index (χ0v) is 7.34. The van der Waals surface area contributed by atoms with Gasteiger partial charge < -0.3 is 4.84 Å². The third-order valence-electron chi connectivity index (χ3n) is 1.75. The zero-order chi connectivity index (χ0) is 8.39. The minimum absolute atomic E-state index is 0.529. The van der Waals surface area contributed by atoms with Crippen molar-refractivity contribution >= 4 is 11.6 Å². The van der Waals surface area contributed by atoms with Crippen LogP contribution in [0.25, 0.3) is 0 Å². The predicted octanol–water partition coefficient (Wildman–Crippen LogP) is 2.39. The van der Waals surface area contributed by atoms with Crippen molar-refractivity contribution < 1.29 is 4.84 Å². The second-order valence-corrected chi connectivity index (χ2v) is 3.33. The maximum Gasteiger partial charge on any atom is 0.165 e. The number of hydrogen-bond acceptors (Lipinski definition) is 2. The van der Waals surface area contributed by atoms with Crippen LogP contribution in [0.3, 0.4) is 0 Å². The van der Waals surface area contributed by atoms with Crippen LogP contribution >= 0.6 is 11.6 Å². The van der Waals surface area contributed by atoms with Gasteiger partial charge in [-0.3, -0.25) is 0 Å². The molecule has 1 aromatic rings. The van der Waals surface area contributed by atoms with Crippen molar-refractivity contribution in [2.45, 2.75) is 18.9 Å². The topological polar surface area (TPSA) is 21.3 Å². The molecular weight excluding hydrogens is 174 g/mol. The van der Waals surface area contributed by atoms with E-state index in [9.17, 15) is 0 Å². The average Bonchev–Trinajstić information content (AvgIpc) is 2.86. The Labute approximate surface area is 76.4 Å². The summed E-state index contributed by atoms with van der Waals surface area (Å²) in [4.78, 5) is 5.28. The second-order valence-electron chi connectivity index (χ2n) is 2.92. The summed E-state index contributed by atoms with van der Waals surface area (Å²) in [6.07, 6.45) is 2.40. The zero-order valence-electron chi connectivity index (χ0n) is 6.59. The lowest BCUT2D eigenvalue weighted by Gasteiger charge is -2.06. The van der Waals surface area contributed by atoms with E-state index in [4.69, 9.17) is 16.4 Å².